The molecular formula is C11H19NO5. The Hall–Kier alpha value is -1.14. The lowest BCUT2D eigenvalue weighted by Gasteiger charge is -2.22. The normalized spacial score (nSPS) is 21.8. The molecule has 1 heterocycles. The molecule has 98 valence electrons. The molecule has 0 radical (unpaired) electrons. The van der Waals surface area contributed by atoms with Crippen molar-refractivity contribution in [2.75, 3.05) is 13.2 Å². The van der Waals surface area contributed by atoms with Gasteiger partial charge < -0.3 is 20.3 Å². The maximum atomic E-state index is 11.4. The summed E-state index contributed by atoms with van der Waals surface area (Å²) < 4.78 is 5.46. The molecule has 0 saturated carbocycles. The van der Waals surface area contributed by atoms with E-state index in [-0.39, 0.29) is 18.4 Å². The fourth-order valence-electron chi connectivity index (χ4n) is 1.78. The van der Waals surface area contributed by atoms with Crippen LogP contribution in [0.25, 0.3) is 0 Å². The van der Waals surface area contributed by atoms with Gasteiger partial charge >= 0.3 is 5.97 Å². The molecule has 3 N–H and O–H groups in total. The highest BCUT2D eigenvalue weighted by Gasteiger charge is 2.20. The van der Waals surface area contributed by atoms with E-state index in [1.807, 2.05) is 0 Å². The first kappa shape index (κ1) is 13.9. The molecule has 0 aromatic heterocycles. The Balaban J connectivity index is 2.21. The maximum absolute atomic E-state index is 11.4. The van der Waals surface area contributed by atoms with Gasteiger partial charge in [-0.15, -0.1) is 0 Å². The molecule has 1 fully saturated rings. The summed E-state index contributed by atoms with van der Waals surface area (Å²) in [5.74, 6) is -1.59. The monoisotopic (exact) mass is 245 g/mol. The van der Waals surface area contributed by atoms with Gasteiger partial charge in [0.05, 0.1) is 12.7 Å². The number of carbonyl (C=O) groups excluding carboxylic acids is 1. The Labute approximate surface area is 100.0 Å². The van der Waals surface area contributed by atoms with Gasteiger partial charge in [0.1, 0.15) is 6.04 Å². The van der Waals surface area contributed by atoms with Crippen molar-refractivity contribution in [1.29, 1.82) is 0 Å². The third-order valence-electron chi connectivity index (χ3n) is 2.78. The summed E-state index contributed by atoms with van der Waals surface area (Å²) in [6.45, 7) is 0.141. The van der Waals surface area contributed by atoms with Crippen LogP contribution in [-0.2, 0) is 14.3 Å². The zero-order valence-electron chi connectivity index (χ0n) is 9.72. The number of aliphatic carboxylic acids is 1. The van der Waals surface area contributed by atoms with E-state index < -0.39 is 18.6 Å². The summed E-state index contributed by atoms with van der Waals surface area (Å²) in [5, 5.41) is 19.6. The van der Waals surface area contributed by atoms with Gasteiger partial charge in [0.2, 0.25) is 5.91 Å². The van der Waals surface area contributed by atoms with Crippen LogP contribution in [0.1, 0.15) is 32.1 Å². The van der Waals surface area contributed by atoms with Gasteiger partial charge in [-0.2, -0.15) is 0 Å². The average molecular weight is 245 g/mol. The summed E-state index contributed by atoms with van der Waals surface area (Å²) in [5.41, 5.74) is 0. The Morgan fingerprint density at radius 1 is 1.41 bits per heavy atom. The fraction of sp³-hybridized carbons (Fsp3) is 0.818. The molecule has 1 saturated heterocycles. The Morgan fingerprint density at radius 2 is 2.18 bits per heavy atom. The minimum absolute atomic E-state index is 0.104. The Bertz CT molecular complexity index is 263. The van der Waals surface area contributed by atoms with Crippen LogP contribution in [0.15, 0.2) is 0 Å². The third-order valence-corrected chi connectivity index (χ3v) is 2.78. The standard InChI is InChI=1S/C11H19NO5/c13-7-9(11(15)16)12-10(14)5-4-8-3-1-2-6-17-8/h8-9,13H,1-7H2,(H,12,14)(H,15,16). The van der Waals surface area contributed by atoms with Gasteiger partial charge in [0, 0.05) is 13.0 Å². The van der Waals surface area contributed by atoms with Crippen LogP contribution >= 0.6 is 0 Å². The van der Waals surface area contributed by atoms with Gasteiger partial charge in [0.25, 0.3) is 0 Å². The lowest BCUT2D eigenvalue weighted by molar-refractivity contribution is -0.143. The molecule has 6 heteroatoms. The van der Waals surface area contributed by atoms with Gasteiger partial charge in [-0.3, -0.25) is 4.79 Å². The minimum Gasteiger partial charge on any atom is -0.480 e. The lowest BCUT2D eigenvalue weighted by atomic mass is 10.0. The lowest BCUT2D eigenvalue weighted by Crippen LogP contribution is -2.43. The van der Waals surface area contributed by atoms with Gasteiger partial charge in [-0.1, -0.05) is 0 Å². The van der Waals surface area contributed by atoms with Crippen molar-refractivity contribution in [3.63, 3.8) is 0 Å². The summed E-state index contributed by atoms with van der Waals surface area (Å²) in [7, 11) is 0. The van der Waals surface area contributed by atoms with Crippen molar-refractivity contribution < 1.29 is 24.5 Å². The molecule has 2 atom stereocenters. The van der Waals surface area contributed by atoms with Crippen molar-refractivity contribution in [2.24, 2.45) is 0 Å². The molecular weight excluding hydrogens is 226 g/mol. The Kier molecular flexibility index (Phi) is 5.93. The zero-order chi connectivity index (χ0) is 12.7. The molecule has 1 aliphatic heterocycles. The van der Waals surface area contributed by atoms with E-state index in [9.17, 15) is 9.59 Å². The van der Waals surface area contributed by atoms with E-state index in [0.29, 0.717) is 6.42 Å². The van der Waals surface area contributed by atoms with Gasteiger partial charge in [-0.25, -0.2) is 4.79 Å². The smallest absolute Gasteiger partial charge is 0.328 e. The highest BCUT2D eigenvalue weighted by Crippen LogP contribution is 2.16. The van der Waals surface area contributed by atoms with Gasteiger partial charge in [-0.05, 0) is 25.7 Å². The third kappa shape index (κ3) is 5.14. The number of aliphatic hydroxyl groups excluding tert-OH is 1. The van der Waals surface area contributed by atoms with E-state index >= 15 is 0 Å². The summed E-state index contributed by atoms with van der Waals surface area (Å²) in [4.78, 5) is 22.0. The van der Waals surface area contributed by atoms with Crippen LogP contribution in [0.3, 0.4) is 0 Å². The predicted octanol–water partition coefficient (Wildman–Crippen LogP) is -0.103. The molecule has 0 bridgehead atoms. The van der Waals surface area contributed by atoms with Crippen molar-refractivity contribution >= 4 is 11.9 Å². The number of nitrogens with one attached hydrogen (secondary N) is 1. The van der Waals surface area contributed by atoms with E-state index in [0.717, 1.165) is 25.9 Å². The number of ether oxygens (including phenoxy) is 1. The molecule has 2 unspecified atom stereocenters. The molecule has 6 nitrogen and oxygen atoms in total. The molecule has 1 aliphatic rings. The first-order valence-corrected chi connectivity index (χ1v) is 5.88. The van der Waals surface area contributed by atoms with E-state index in [4.69, 9.17) is 14.9 Å². The van der Waals surface area contributed by atoms with E-state index in [1.54, 1.807) is 0 Å². The van der Waals surface area contributed by atoms with Crippen LogP contribution in [0.4, 0.5) is 0 Å². The van der Waals surface area contributed by atoms with Crippen LogP contribution in [0.2, 0.25) is 0 Å². The molecule has 0 spiro atoms. The topological polar surface area (TPSA) is 95.9 Å². The number of hydrogen-bond donors (Lipinski definition) is 3. The molecule has 0 aliphatic carbocycles. The van der Waals surface area contributed by atoms with Crippen molar-refractivity contribution in [3.05, 3.63) is 0 Å². The predicted molar refractivity (Wildman–Crippen MR) is 59.5 cm³/mol. The van der Waals surface area contributed by atoms with Crippen molar-refractivity contribution in [3.8, 4) is 0 Å². The second-order valence-corrected chi connectivity index (χ2v) is 4.17. The quantitative estimate of drug-likeness (QED) is 0.607. The number of aliphatic hydroxyl groups is 1. The fourth-order valence-corrected chi connectivity index (χ4v) is 1.78. The van der Waals surface area contributed by atoms with Crippen molar-refractivity contribution in [2.45, 2.75) is 44.2 Å². The largest absolute Gasteiger partial charge is 0.480 e. The summed E-state index contributed by atoms with van der Waals surface area (Å²) >= 11 is 0. The molecule has 1 amide bonds. The van der Waals surface area contributed by atoms with E-state index in [1.165, 1.54) is 0 Å². The number of hydrogen-bond acceptors (Lipinski definition) is 4. The van der Waals surface area contributed by atoms with Crippen LogP contribution in [0.5, 0.6) is 0 Å². The second kappa shape index (κ2) is 7.24. The highest BCUT2D eigenvalue weighted by atomic mass is 16.5. The van der Waals surface area contributed by atoms with Crippen molar-refractivity contribution in [1.82, 2.24) is 5.32 Å². The van der Waals surface area contributed by atoms with Gasteiger partial charge in [0.15, 0.2) is 0 Å². The summed E-state index contributed by atoms with van der Waals surface area (Å²) in [6, 6.07) is -1.21. The number of carboxylic acid groups (broad SMARTS) is 1. The van der Waals surface area contributed by atoms with Crippen LogP contribution in [0, 0.1) is 0 Å². The maximum Gasteiger partial charge on any atom is 0.328 e. The SMILES string of the molecule is O=C(CCC1CCCCO1)NC(CO)C(=O)O. The van der Waals surface area contributed by atoms with Crippen LogP contribution in [-0.4, -0.2) is 47.4 Å². The first-order chi connectivity index (χ1) is 8.13. The molecule has 0 aromatic carbocycles. The van der Waals surface area contributed by atoms with E-state index in [2.05, 4.69) is 5.32 Å². The number of rotatable bonds is 6. The first-order valence-electron chi connectivity index (χ1n) is 5.88. The Morgan fingerprint density at radius 3 is 2.71 bits per heavy atom. The number of carbonyl (C=O) groups is 2. The summed E-state index contributed by atoms with van der Waals surface area (Å²) in [6.07, 6.45) is 4.06. The number of carboxylic acids is 1. The molecule has 17 heavy (non-hydrogen) atoms. The zero-order valence-corrected chi connectivity index (χ0v) is 9.72. The molecule has 1 rings (SSSR count). The highest BCUT2D eigenvalue weighted by molar-refractivity contribution is 5.83. The molecule has 0 aromatic rings. The van der Waals surface area contributed by atoms with Crippen LogP contribution < -0.4 is 5.32 Å². The number of amides is 1. The minimum atomic E-state index is -1.23. The average Bonchev–Trinajstić information content (AvgIpc) is 2.34. The second-order valence-electron chi connectivity index (χ2n) is 4.17.